The molecular formula is C22H29ClN2O3. The van der Waals surface area contributed by atoms with Crippen molar-refractivity contribution in [1.82, 2.24) is 10.2 Å². The third-order valence-corrected chi connectivity index (χ3v) is 4.58. The van der Waals surface area contributed by atoms with Crippen LogP contribution in [0.25, 0.3) is 0 Å². The van der Waals surface area contributed by atoms with E-state index in [0.29, 0.717) is 35.2 Å². The van der Waals surface area contributed by atoms with Gasteiger partial charge in [0, 0.05) is 19.0 Å². The molecule has 1 amide bonds. The molecule has 2 aromatic carbocycles. The minimum Gasteiger partial charge on any atom is -0.497 e. The van der Waals surface area contributed by atoms with Crippen LogP contribution in [0.3, 0.4) is 0 Å². The number of unbranched alkanes of at least 4 members (excludes halogenated alkanes) is 2. The first-order valence-electron chi connectivity index (χ1n) is 9.49. The summed E-state index contributed by atoms with van der Waals surface area (Å²) < 4.78 is 10.9. The molecule has 0 bridgehead atoms. The predicted octanol–water partition coefficient (Wildman–Crippen LogP) is 4.88. The number of benzene rings is 2. The Morgan fingerprint density at radius 3 is 2.39 bits per heavy atom. The Hall–Kier alpha value is -2.24. The van der Waals surface area contributed by atoms with Crippen LogP contribution < -0.4 is 14.8 Å². The van der Waals surface area contributed by atoms with Gasteiger partial charge in [-0.15, -0.1) is 0 Å². The van der Waals surface area contributed by atoms with E-state index < -0.39 is 0 Å². The van der Waals surface area contributed by atoms with Gasteiger partial charge in [-0.25, -0.2) is 0 Å². The second-order valence-corrected chi connectivity index (χ2v) is 7.34. The van der Waals surface area contributed by atoms with Gasteiger partial charge in [0.15, 0.2) is 0 Å². The van der Waals surface area contributed by atoms with Crippen LogP contribution in [0.15, 0.2) is 42.5 Å². The highest BCUT2D eigenvalue weighted by molar-refractivity contribution is 6.32. The van der Waals surface area contributed by atoms with Crippen molar-refractivity contribution in [3.05, 3.63) is 53.1 Å². The monoisotopic (exact) mass is 404 g/mol. The fourth-order valence-corrected chi connectivity index (χ4v) is 2.88. The first-order chi connectivity index (χ1) is 13.5. The molecule has 0 unspecified atom stereocenters. The SMILES string of the molecule is COc1ccc(Oc2ccc(CNC(=O)CCCCCN(C)C)cc2)c(Cl)c1. The lowest BCUT2D eigenvalue weighted by Gasteiger charge is -2.10. The van der Waals surface area contributed by atoms with Crippen molar-refractivity contribution in [2.75, 3.05) is 27.7 Å². The van der Waals surface area contributed by atoms with Crippen LogP contribution in [0.4, 0.5) is 0 Å². The lowest BCUT2D eigenvalue weighted by atomic mass is 10.1. The molecule has 152 valence electrons. The summed E-state index contributed by atoms with van der Waals surface area (Å²) >= 11 is 6.20. The fraction of sp³-hybridized carbons (Fsp3) is 0.409. The van der Waals surface area contributed by atoms with E-state index in [1.165, 1.54) is 0 Å². The molecule has 0 aliphatic carbocycles. The third-order valence-electron chi connectivity index (χ3n) is 4.29. The average Bonchev–Trinajstić information content (AvgIpc) is 2.68. The molecule has 6 heteroatoms. The highest BCUT2D eigenvalue weighted by Gasteiger charge is 2.06. The topological polar surface area (TPSA) is 50.8 Å². The van der Waals surface area contributed by atoms with Crippen molar-refractivity contribution >= 4 is 17.5 Å². The Labute approximate surface area is 172 Å². The first kappa shape index (κ1) is 22.1. The average molecular weight is 405 g/mol. The van der Waals surface area contributed by atoms with Crippen molar-refractivity contribution in [2.24, 2.45) is 0 Å². The summed E-state index contributed by atoms with van der Waals surface area (Å²) in [5, 5.41) is 3.45. The quantitative estimate of drug-likeness (QED) is 0.542. The predicted molar refractivity (Wildman–Crippen MR) is 113 cm³/mol. The maximum absolute atomic E-state index is 11.9. The molecule has 0 aliphatic heterocycles. The maximum atomic E-state index is 11.9. The largest absolute Gasteiger partial charge is 0.497 e. The van der Waals surface area contributed by atoms with E-state index in [4.69, 9.17) is 21.1 Å². The number of halogens is 1. The number of rotatable bonds is 11. The number of methoxy groups -OCH3 is 1. The molecule has 0 aliphatic rings. The number of amides is 1. The molecule has 0 saturated carbocycles. The standard InChI is InChI=1S/C22H29ClN2O3/c1-25(2)14-6-4-5-7-22(26)24-16-17-8-10-18(11-9-17)28-21-13-12-19(27-3)15-20(21)23/h8-13,15H,4-7,14,16H2,1-3H3,(H,24,26). The zero-order valence-electron chi connectivity index (χ0n) is 16.8. The molecule has 0 saturated heterocycles. The summed E-state index contributed by atoms with van der Waals surface area (Å²) in [6.07, 6.45) is 3.70. The van der Waals surface area contributed by atoms with Crippen molar-refractivity contribution in [3.8, 4) is 17.2 Å². The van der Waals surface area contributed by atoms with Gasteiger partial charge in [0.2, 0.25) is 5.91 Å². The summed E-state index contributed by atoms with van der Waals surface area (Å²) in [6.45, 7) is 1.58. The maximum Gasteiger partial charge on any atom is 0.220 e. The highest BCUT2D eigenvalue weighted by Crippen LogP contribution is 2.32. The number of hydrogen-bond acceptors (Lipinski definition) is 4. The van der Waals surface area contributed by atoms with E-state index >= 15 is 0 Å². The van der Waals surface area contributed by atoms with Crippen molar-refractivity contribution in [2.45, 2.75) is 32.2 Å². The van der Waals surface area contributed by atoms with E-state index in [9.17, 15) is 4.79 Å². The number of carbonyl (C=O) groups is 1. The van der Waals surface area contributed by atoms with Gasteiger partial charge in [-0.3, -0.25) is 4.79 Å². The van der Waals surface area contributed by atoms with Crippen molar-refractivity contribution < 1.29 is 14.3 Å². The molecule has 28 heavy (non-hydrogen) atoms. The lowest BCUT2D eigenvalue weighted by molar-refractivity contribution is -0.121. The Balaban J connectivity index is 1.74. The Kier molecular flexibility index (Phi) is 9.11. The van der Waals surface area contributed by atoms with Crippen LogP contribution in [0, 0.1) is 0 Å². The van der Waals surface area contributed by atoms with Gasteiger partial charge in [0.1, 0.15) is 17.2 Å². The van der Waals surface area contributed by atoms with Gasteiger partial charge in [0.05, 0.1) is 12.1 Å². The van der Waals surface area contributed by atoms with Crippen LogP contribution >= 0.6 is 11.6 Å². The number of ether oxygens (including phenoxy) is 2. The minimum atomic E-state index is 0.0928. The Morgan fingerprint density at radius 1 is 1.04 bits per heavy atom. The van der Waals surface area contributed by atoms with Gasteiger partial charge in [0.25, 0.3) is 0 Å². The van der Waals surface area contributed by atoms with Gasteiger partial charge < -0.3 is 19.7 Å². The van der Waals surface area contributed by atoms with Gasteiger partial charge >= 0.3 is 0 Å². The van der Waals surface area contributed by atoms with Gasteiger partial charge in [-0.05, 0) is 63.3 Å². The minimum absolute atomic E-state index is 0.0928. The number of hydrogen-bond donors (Lipinski definition) is 1. The van der Waals surface area contributed by atoms with Gasteiger partial charge in [-0.1, -0.05) is 30.2 Å². The third kappa shape index (κ3) is 7.79. The molecule has 5 nitrogen and oxygen atoms in total. The summed E-state index contributed by atoms with van der Waals surface area (Å²) in [7, 11) is 5.72. The molecule has 0 fully saturated rings. The molecule has 0 heterocycles. The second-order valence-electron chi connectivity index (χ2n) is 6.93. The molecular weight excluding hydrogens is 376 g/mol. The summed E-state index contributed by atoms with van der Waals surface area (Å²) in [5.74, 6) is 2.03. The van der Waals surface area contributed by atoms with E-state index in [1.807, 2.05) is 24.3 Å². The zero-order valence-corrected chi connectivity index (χ0v) is 17.6. The molecule has 0 atom stereocenters. The van der Waals surface area contributed by atoms with Crippen LogP contribution in [0.1, 0.15) is 31.2 Å². The van der Waals surface area contributed by atoms with E-state index in [0.717, 1.165) is 31.4 Å². The van der Waals surface area contributed by atoms with Crippen LogP contribution in [0.5, 0.6) is 17.2 Å². The first-order valence-corrected chi connectivity index (χ1v) is 9.87. The number of nitrogens with one attached hydrogen (secondary N) is 1. The van der Waals surface area contributed by atoms with E-state index in [2.05, 4.69) is 24.3 Å². The molecule has 0 spiro atoms. The summed E-state index contributed by atoms with van der Waals surface area (Å²) in [4.78, 5) is 14.1. The number of nitrogens with zero attached hydrogens (tertiary/aromatic N) is 1. The van der Waals surface area contributed by atoms with Crippen LogP contribution in [-0.4, -0.2) is 38.6 Å². The molecule has 0 aromatic heterocycles. The van der Waals surface area contributed by atoms with Crippen molar-refractivity contribution in [1.29, 1.82) is 0 Å². The second kappa shape index (κ2) is 11.6. The van der Waals surface area contributed by atoms with Gasteiger partial charge in [-0.2, -0.15) is 0 Å². The summed E-state index contributed by atoms with van der Waals surface area (Å²) in [5.41, 5.74) is 1.02. The smallest absolute Gasteiger partial charge is 0.220 e. The van der Waals surface area contributed by atoms with E-state index in [-0.39, 0.29) is 5.91 Å². The molecule has 0 radical (unpaired) electrons. The normalized spacial score (nSPS) is 10.8. The fourth-order valence-electron chi connectivity index (χ4n) is 2.67. The van der Waals surface area contributed by atoms with Crippen LogP contribution in [0.2, 0.25) is 5.02 Å². The zero-order chi connectivity index (χ0) is 20.4. The highest BCUT2D eigenvalue weighted by atomic mass is 35.5. The molecule has 2 rings (SSSR count). The van der Waals surface area contributed by atoms with Crippen molar-refractivity contribution in [3.63, 3.8) is 0 Å². The van der Waals surface area contributed by atoms with Crippen LogP contribution in [-0.2, 0) is 11.3 Å². The number of carbonyl (C=O) groups excluding carboxylic acids is 1. The summed E-state index contributed by atoms with van der Waals surface area (Å²) in [6, 6.07) is 12.9. The molecule has 2 aromatic rings. The Bertz CT molecular complexity index is 748. The molecule has 1 N–H and O–H groups in total. The van der Waals surface area contributed by atoms with E-state index in [1.54, 1.807) is 25.3 Å². The Morgan fingerprint density at radius 2 is 1.75 bits per heavy atom. The lowest BCUT2D eigenvalue weighted by Crippen LogP contribution is -2.22.